The van der Waals surface area contributed by atoms with E-state index < -0.39 is 10.0 Å². The molecule has 0 fully saturated rings. The molecule has 0 saturated carbocycles. The molecule has 2 heterocycles. The Labute approximate surface area is 117 Å². The van der Waals surface area contributed by atoms with E-state index in [0.717, 1.165) is 5.69 Å². The first kappa shape index (κ1) is 14.5. The van der Waals surface area contributed by atoms with Gasteiger partial charge in [0, 0.05) is 17.8 Å². The third-order valence-corrected chi connectivity index (χ3v) is 4.16. The molecule has 0 atom stereocenters. The Bertz CT molecular complexity index is 708. The number of rotatable bonds is 5. The zero-order valence-corrected chi connectivity index (χ0v) is 12.4. The second kappa shape index (κ2) is 5.59. The minimum Gasteiger partial charge on any atom is -0.316 e. The van der Waals surface area contributed by atoms with Gasteiger partial charge in [0.05, 0.1) is 17.6 Å². The molecular formula is C12H17N5O2S. The van der Waals surface area contributed by atoms with Crippen LogP contribution in [0.4, 0.5) is 5.69 Å². The van der Waals surface area contributed by atoms with Gasteiger partial charge in [0.15, 0.2) is 5.03 Å². The maximum absolute atomic E-state index is 12.4. The van der Waals surface area contributed by atoms with Crippen LogP contribution in [0.5, 0.6) is 0 Å². The van der Waals surface area contributed by atoms with Gasteiger partial charge in [-0.15, -0.1) is 0 Å². The smallest absolute Gasteiger partial charge is 0.279 e. The number of hydrogen-bond acceptors (Lipinski definition) is 5. The van der Waals surface area contributed by atoms with Crippen LogP contribution in [-0.4, -0.2) is 30.6 Å². The van der Waals surface area contributed by atoms with E-state index in [0.29, 0.717) is 23.5 Å². The van der Waals surface area contributed by atoms with Crippen molar-refractivity contribution in [2.45, 2.75) is 25.4 Å². The molecule has 0 saturated heterocycles. The molecule has 0 radical (unpaired) electrons. The molecule has 108 valence electrons. The van der Waals surface area contributed by atoms with Crippen LogP contribution in [-0.2, 0) is 16.6 Å². The van der Waals surface area contributed by atoms with Gasteiger partial charge >= 0.3 is 0 Å². The SMILES string of the molecule is CNCc1cn[nH]c1S(=O)(=O)Nc1ccc(C)nc1C. The molecular weight excluding hydrogens is 278 g/mol. The van der Waals surface area contributed by atoms with E-state index in [-0.39, 0.29) is 5.03 Å². The normalized spacial score (nSPS) is 11.6. The Kier molecular flexibility index (Phi) is 4.05. The molecule has 0 aromatic carbocycles. The fourth-order valence-corrected chi connectivity index (χ4v) is 3.09. The van der Waals surface area contributed by atoms with Crippen molar-refractivity contribution in [3.63, 3.8) is 0 Å². The minimum atomic E-state index is -3.71. The second-order valence-electron chi connectivity index (χ2n) is 4.45. The lowest BCUT2D eigenvalue weighted by atomic mass is 10.3. The predicted molar refractivity (Wildman–Crippen MR) is 75.9 cm³/mol. The molecule has 7 nitrogen and oxygen atoms in total. The van der Waals surface area contributed by atoms with Gasteiger partial charge in [0.1, 0.15) is 0 Å². The highest BCUT2D eigenvalue weighted by Crippen LogP contribution is 2.19. The van der Waals surface area contributed by atoms with Crippen LogP contribution < -0.4 is 10.0 Å². The first-order valence-corrected chi connectivity index (χ1v) is 7.56. The van der Waals surface area contributed by atoms with Crippen molar-refractivity contribution < 1.29 is 8.42 Å². The molecule has 2 rings (SSSR count). The van der Waals surface area contributed by atoms with Gasteiger partial charge in [0.2, 0.25) is 0 Å². The number of aromatic nitrogens is 3. The first-order valence-electron chi connectivity index (χ1n) is 6.08. The molecule has 2 aromatic rings. The quantitative estimate of drug-likeness (QED) is 0.762. The van der Waals surface area contributed by atoms with Crippen LogP contribution in [0.1, 0.15) is 17.0 Å². The fraction of sp³-hybridized carbons (Fsp3) is 0.333. The summed E-state index contributed by atoms with van der Waals surface area (Å²) in [6.07, 6.45) is 1.49. The number of hydrogen-bond donors (Lipinski definition) is 3. The zero-order valence-electron chi connectivity index (χ0n) is 11.6. The van der Waals surface area contributed by atoms with Gasteiger partial charge in [-0.1, -0.05) is 0 Å². The Morgan fingerprint density at radius 3 is 2.70 bits per heavy atom. The monoisotopic (exact) mass is 295 g/mol. The van der Waals surface area contributed by atoms with Crippen LogP contribution in [0.15, 0.2) is 23.4 Å². The van der Waals surface area contributed by atoms with E-state index >= 15 is 0 Å². The maximum Gasteiger partial charge on any atom is 0.279 e. The number of aromatic amines is 1. The molecule has 0 bridgehead atoms. The highest BCUT2D eigenvalue weighted by atomic mass is 32.2. The van der Waals surface area contributed by atoms with Gasteiger partial charge in [-0.25, -0.2) is 0 Å². The van der Waals surface area contributed by atoms with Gasteiger partial charge < -0.3 is 5.32 Å². The summed E-state index contributed by atoms with van der Waals surface area (Å²) in [4.78, 5) is 4.23. The van der Waals surface area contributed by atoms with Gasteiger partial charge in [-0.2, -0.15) is 13.5 Å². The second-order valence-corrected chi connectivity index (χ2v) is 6.07. The molecule has 20 heavy (non-hydrogen) atoms. The average molecular weight is 295 g/mol. The van der Waals surface area contributed by atoms with Crippen molar-refractivity contribution in [3.05, 3.63) is 35.3 Å². The number of aryl methyl sites for hydroxylation is 2. The van der Waals surface area contributed by atoms with Crippen molar-refractivity contribution in [3.8, 4) is 0 Å². The number of nitrogens with zero attached hydrogens (tertiary/aromatic N) is 2. The maximum atomic E-state index is 12.4. The molecule has 8 heteroatoms. The van der Waals surface area contributed by atoms with Gasteiger partial charge in [-0.3, -0.25) is 14.8 Å². The first-order chi connectivity index (χ1) is 9.44. The number of sulfonamides is 1. The topological polar surface area (TPSA) is 99.8 Å². The third-order valence-electron chi connectivity index (χ3n) is 2.78. The van der Waals surface area contributed by atoms with Crippen molar-refractivity contribution in [1.82, 2.24) is 20.5 Å². The Hall–Kier alpha value is -1.93. The molecule has 3 N–H and O–H groups in total. The van der Waals surface area contributed by atoms with Crippen molar-refractivity contribution >= 4 is 15.7 Å². The molecule has 0 spiro atoms. The van der Waals surface area contributed by atoms with E-state index in [9.17, 15) is 8.42 Å². The summed E-state index contributed by atoms with van der Waals surface area (Å²) in [6, 6.07) is 3.45. The van der Waals surface area contributed by atoms with E-state index in [1.165, 1.54) is 6.20 Å². The summed E-state index contributed by atoms with van der Waals surface area (Å²) < 4.78 is 27.2. The van der Waals surface area contributed by atoms with E-state index in [2.05, 4.69) is 25.2 Å². The zero-order chi connectivity index (χ0) is 14.8. The minimum absolute atomic E-state index is 0.0619. The molecule has 0 aliphatic heterocycles. The van der Waals surface area contributed by atoms with Crippen molar-refractivity contribution in [2.24, 2.45) is 0 Å². The third kappa shape index (κ3) is 2.97. The molecule has 0 aliphatic carbocycles. The largest absolute Gasteiger partial charge is 0.316 e. The molecule has 0 unspecified atom stereocenters. The predicted octanol–water partition coefficient (Wildman–Crippen LogP) is 0.942. The molecule has 0 amide bonds. The standard InChI is InChI=1S/C12H17N5O2S/c1-8-4-5-11(9(2)15-8)17-20(18,19)12-10(6-13-3)7-14-16-12/h4-5,7,13,17H,6H2,1-3H3,(H,14,16). The van der Waals surface area contributed by atoms with Crippen LogP contribution in [0, 0.1) is 13.8 Å². The Balaban J connectivity index is 2.33. The summed E-state index contributed by atoms with van der Waals surface area (Å²) in [7, 11) is -1.97. The summed E-state index contributed by atoms with van der Waals surface area (Å²) in [5.41, 5.74) is 2.50. The van der Waals surface area contributed by atoms with Crippen molar-refractivity contribution in [1.29, 1.82) is 0 Å². The lowest BCUT2D eigenvalue weighted by molar-refractivity contribution is 0.595. The van der Waals surface area contributed by atoms with Crippen LogP contribution in [0.25, 0.3) is 0 Å². The van der Waals surface area contributed by atoms with Crippen molar-refractivity contribution in [2.75, 3.05) is 11.8 Å². The highest BCUT2D eigenvalue weighted by molar-refractivity contribution is 7.92. The Morgan fingerprint density at radius 2 is 2.05 bits per heavy atom. The van der Waals surface area contributed by atoms with E-state index in [1.807, 2.05) is 6.92 Å². The van der Waals surface area contributed by atoms with Crippen LogP contribution in [0.3, 0.4) is 0 Å². The van der Waals surface area contributed by atoms with Crippen LogP contribution >= 0.6 is 0 Å². The summed E-state index contributed by atoms with van der Waals surface area (Å²) >= 11 is 0. The number of nitrogens with one attached hydrogen (secondary N) is 3. The van der Waals surface area contributed by atoms with Gasteiger partial charge in [0.25, 0.3) is 10.0 Å². The number of H-pyrrole nitrogens is 1. The fourth-order valence-electron chi connectivity index (χ4n) is 1.84. The van der Waals surface area contributed by atoms with Crippen LogP contribution in [0.2, 0.25) is 0 Å². The lowest BCUT2D eigenvalue weighted by Gasteiger charge is -2.10. The molecule has 2 aromatic heterocycles. The summed E-state index contributed by atoms with van der Waals surface area (Å²) in [6.45, 7) is 4.02. The number of pyridine rings is 1. The van der Waals surface area contributed by atoms with E-state index in [1.54, 1.807) is 26.1 Å². The lowest BCUT2D eigenvalue weighted by Crippen LogP contribution is -2.18. The average Bonchev–Trinajstić information content (AvgIpc) is 2.82. The summed E-state index contributed by atoms with van der Waals surface area (Å²) in [5, 5.41) is 9.27. The van der Waals surface area contributed by atoms with Gasteiger partial charge in [-0.05, 0) is 33.0 Å². The molecule has 0 aliphatic rings. The number of anilines is 1. The van der Waals surface area contributed by atoms with E-state index in [4.69, 9.17) is 0 Å². The highest BCUT2D eigenvalue weighted by Gasteiger charge is 2.21. The summed E-state index contributed by atoms with van der Waals surface area (Å²) in [5.74, 6) is 0. The Morgan fingerprint density at radius 1 is 1.30 bits per heavy atom.